The van der Waals surface area contributed by atoms with Gasteiger partial charge in [0.15, 0.2) is 0 Å². The number of rotatable bonds is 10. The van der Waals surface area contributed by atoms with Crippen molar-refractivity contribution in [3.8, 4) is 0 Å². The molecular formula is C11H25NO2S2. The number of hydrogen-bond acceptors (Lipinski definition) is 4. The molecule has 1 atom stereocenters. The van der Waals surface area contributed by atoms with Gasteiger partial charge in [0.1, 0.15) is 9.84 Å². The summed E-state index contributed by atoms with van der Waals surface area (Å²) < 4.78 is 23.0. The van der Waals surface area contributed by atoms with Gasteiger partial charge in [-0.3, -0.25) is 0 Å². The second kappa shape index (κ2) is 9.31. The van der Waals surface area contributed by atoms with Crippen LogP contribution in [0, 0.1) is 0 Å². The van der Waals surface area contributed by atoms with E-state index in [2.05, 4.69) is 12.6 Å². The van der Waals surface area contributed by atoms with Crippen LogP contribution in [-0.4, -0.2) is 32.2 Å². The summed E-state index contributed by atoms with van der Waals surface area (Å²) in [5, 5.41) is -0.188. The SMILES string of the molecule is CS(=O)(=O)C(CCCN)CCCCCCS. The van der Waals surface area contributed by atoms with E-state index in [4.69, 9.17) is 5.73 Å². The summed E-state index contributed by atoms with van der Waals surface area (Å²) in [5.41, 5.74) is 5.41. The van der Waals surface area contributed by atoms with Gasteiger partial charge >= 0.3 is 0 Å². The topological polar surface area (TPSA) is 60.2 Å². The summed E-state index contributed by atoms with van der Waals surface area (Å²) in [5.74, 6) is 0.919. The van der Waals surface area contributed by atoms with E-state index in [1.165, 1.54) is 6.26 Å². The lowest BCUT2D eigenvalue weighted by molar-refractivity contribution is 0.538. The van der Waals surface area contributed by atoms with Gasteiger partial charge in [-0.15, -0.1) is 0 Å². The number of thiol groups is 1. The van der Waals surface area contributed by atoms with Crippen LogP contribution in [0.2, 0.25) is 0 Å². The minimum Gasteiger partial charge on any atom is -0.330 e. The molecule has 98 valence electrons. The molecule has 0 aromatic carbocycles. The van der Waals surface area contributed by atoms with Gasteiger partial charge in [-0.1, -0.05) is 19.3 Å². The molecule has 1 unspecified atom stereocenters. The summed E-state index contributed by atoms with van der Waals surface area (Å²) in [6, 6.07) is 0. The Morgan fingerprint density at radius 3 is 2.12 bits per heavy atom. The Hall–Kier alpha value is 0.260. The van der Waals surface area contributed by atoms with E-state index in [-0.39, 0.29) is 5.25 Å². The smallest absolute Gasteiger partial charge is 0.150 e. The van der Waals surface area contributed by atoms with Crippen LogP contribution in [0.5, 0.6) is 0 Å². The molecule has 2 N–H and O–H groups in total. The second-order valence-corrected chi connectivity index (χ2v) is 7.08. The molecule has 0 aliphatic rings. The highest BCUT2D eigenvalue weighted by Crippen LogP contribution is 2.16. The van der Waals surface area contributed by atoms with Crippen LogP contribution in [0.3, 0.4) is 0 Å². The monoisotopic (exact) mass is 267 g/mol. The van der Waals surface area contributed by atoms with Gasteiger partial charge < -0.3 is 5.73 Å². The molecule has 3 nitrogen and oxygen atoms in total. The molecule has 0 aliphatic carbocycles. The van der Waals surface area contributed by atoms with Gasteiger partial charge in [-0.2, -0.15) is 12.6 Å². The number of sulfone groups is 1. The zero-order valence-electron chi connectivity index (χ0n) is 10.2. The minimum absolute atomic E-state index is 0.188. The van der Waals surface area contributed by atoms with E-state index >= 15 is 0 Å². The Morgan fingerprint density at radius 2 is 1.62 bits per heavy atom. The van der Waals surface area contributed by atoms with Crippen LogP contribution in [0.4, 0.5) is 0 Å². The highest BCUT2D eigenvalue weighted by Gasteiger charge is 2.19. The standard InChI is InChI=1S/C11H25NO2S2/c1-16(13,14)11(8-6-9-12)7-4-2-3-5-10-15/h11,15H,2-10,12H2,1H3. The number of hydrogen-bond donors (Lipinski definition) is 2. The maximum Gasteiger partial charge on any atom is 0.150 e. The molecular weight excluding hydrogens is 242 g/mol. The summed E-state index contributed by atoms with van der Waals surface area (Å²) in [4.78, 5) is 0. The van der Waals surface area contributed by atoms with Crippen LogP contribution in [0.25, 0.3) is 0 Å². The molecule has 0 aromatic heterocycles. The zero-order chi connectivity index (χ0) is 12.4. The normalized spacial score (nSPS) is 13.9. The first-order valence-electron chi connectivity index (χ1n) is 6.02. The molecule has 0 radical (unpaired) electrons. The van der Waals surface area contributed by atoms with Gasteiger partial charge in [0.2, 0.25) is 0 Å². The molecule has 0 fully saturated rings. The van der Waals surface area contributed by atoms with Crippen molar-refractivity contribution in [3.05, 3.63) is 0 Å². The average Bonchev–Trinajstić information content (AvgIpc) is 2.20. The largest absolute Gasteiger partial charge is 0.330 e. The summed E-state index contributed by atoms with van der Waals surface area (Å²) in [6.45, 7) is 0.575. The van der Waals surface area contributed by atoms with Crippen molar-refractivity contribution >= 4 is 22.5 Å². The Balaban J connectivity index is 3.84. The molecule has 16 heavy (non-hydrogen) atoms. The highest BCUT2D eigenvalue weighted by molar-refractivity contribution is 7.91. The van der Waals surface area contributed by atoms with Crippen molar-refractivity contribution in [1.82, 2.24) is 0 Å². The van der Waals surface area contributed by atoms with Crippen LogP contribution in [0.15, 0.2) is 0 Å². The minimum atomic E-state index is -2.90. The van der Waals surface area contributed by atoms with Gasteiger partial charge in [0.25, 0.3) is 0 Å². The van der Waals surface area contributed by atoms with E-state index < -0.39 is 9.84 Å². The molecule has 0 spiro atoms. The molecule has 0 heterocycles. The summed E-state index contributed by atoms with van der Waals surface area (Å²) >= 11 is 4.15. The second-order valence-electron chi connectivity index (χ2n) is 4.31. The fraction of sp³-hybridized carbons (Fsp3) is 1.00. The van der Waals surface area contributed by atoms with Gasteiger partial charge in [0.05, 0.1) is 5.25 Å². The maximum atomic E-state index is 11.5. The summed E-state index contributed by atoms with van der Waals surface area (Å²) in [6.07, 6.45) is 8.00. The van der Waals surface area contributed by atoms with Crippen molar-refractivity contribution in [3.63, 3.8) is 0 Å². The van der Waals surface area contributed by atoms with Crippen molar-refractivity contribution in [2.75, 3.05) is 18.6 Å². The van der Waals surface area contributed by atoms with Crippen molar-refractivity contribution in [2.24, 2.45) is 5.73 Å². The molecule has 5 heteroatoms. The maximum absolute atomic E-state index is 11.5. The Morgan fingerprint density at radius 1 is 1.06 bits per heavy atom. The molecule has 0 saturated heterocycles. The quantitative estimate of drug-likeness (QED) is 0.470. The summed E-state index contributed by atoms with van der Waals surface area (Å²) in [7, 11) is -2.90. The number of nitrogens with two attached hydrogens (primary N) is 1. The lowest BCUT2D eigenvalue weighted by Gasteiger charge is -2.14. The van der Waals surface area contributed by atoms with Crippen molar-refractivity contribution < 1.29 is 8.42 Å². The third kappa shape index (κ3) is 8.42. The first kappa shape index (κ1) is 16.3. The van der Waals surface area contributed by atoms with Crippen LogP contribution >= 0.6 is 12.6 Å². The molecule has 0 rings (SSSR count). The van der Waals surface area contributed by atoms with Crippen molar-refractivity contribution in [1.29, 1.82) is 0 Å². The van der Waals surface area contributed by atoms with Crippen LogP contribution in [-0.2, 0) is 9.84 Å². The van der Waals surface area contributed by atoms with E-state index in [1.54, 1.807) is 0 Å². The molecule has 0 saturated carbocycles. The van der Waals surface area contributed by atoms with Crippen molar-refractivity contribution in [2.45, 2.75) is 50.2 Å². The van der Waals surface area contributed by atoms with E-state index in [9.17, 15) is 8.42 Å². The molecule has 0 aliphatic heterocycles. The Bertz CT molecular complexity index is 253. The first-order valence-corrected chi connectivity index (χ1v) is 8.61. The van der Waals surface area contributed by atoms with E-state index in [1.807, 2.05) is 0 Å². The first-order chi connectivity index (χ1) is 7.52. The average molecular weight is 267 g/mol. The molecule has 0 bridgehead atoms. The molecule has 0 aromatic rings. The molecule has 0 amide bonds. The van der Waals surface area contributed by atoms with Crippen LogP contribution in [0.1, 0.15) is 44.9 Å². The van der Waals surface area contributed by atoms with E-state index in [0.29, 0.717) is 13.0 Å². The van der Waals surface area contributed by atoms with Gasteiger partial charge in [0, 0.05) is 6.26 Å². The lowest BCUT2D eigenvalue weighted by Crippen LogP contribution is -2.21. The Kier molecular flexibility index (Phi) is 9.46. The highest BCUT2D eigenvalue weighted by atomic mass is 32.2. The predicted octanol–water partition coefficient (Wildman–Crippen LogP) is 2.02. The predicted molar refractivity (Wildman–Crippen MR) is 73.9 cm³/mol. The van der Waals surface area contributed by atoms with Gasteiger partial charge in [-0.25, -0.2) is 8.42 Å². The van der Waals surface area contributed by atoms with Crippen LogP contribution < -0.4 is 5.73 Å². The zero-order valence-corrected chi connectivity index (χ0v) is 11.9. The fourth-order valence-electron chi connectivity index (χ4n) is 1.76. The number of unbranched alkanes of at least 4 members (excludes halogenated alkanes) is 3. The third-order valence-corrected chi connectivity index (χ3v) is 4.77. The lowest BCUT2D eigenvalue weighted by atomic mass is 10.1. The third-order valence-electron chi connectivity index (χ3n) is 2.77. The Labute approximate surface area is 106 Å². The van der Waals surface area contributed by atoms with E-state index in [0.717, 1.165) is 44.3 Å². The van der Waals surface area contributed by atoms with Gasteiger partial charge in [-0.05, 0) is 38.0 Å². The fourth-order valence-corrected chi connectivity index (χ4v) is 3.17.